The molecule has 14 heavy (non-hydrogen) atoms. The fourth-order valence-electron chi connectivity index (χ4n) is 1.38. The van der Waals surface area contributed by atoms with Gasteiger partial charge in [0.15, 0.2) is 6.29 Å². The van der Waals surface area contributed by atoms with Gasteiger partial charge in [0.1, 0.15) is 5.82 Å². The highest BCUT2D eigenvalue weighted by atomic mass is 35.5. The van der Waals surface area contributed by atoms with Crippen LogP contribution in [0.25, 0.3) is 10.1 Å². The van der Waals surface area contributed by atoms with Crippen molar-refractivity contribution < 1.29 is 9.18 Å². The lowest BCUT2D eigenvalue weighted by molar-refractivity contribution is 0.112. The van der Waals surface area contributed by atoms with Crippen LogP contribution in [0, 0.1) is 5.82 Å². The molecule has 0 unspecified atom stereocenters. The summed E-state index contributed by atoms with van der Waals surface area (Å²) in [6.07, 6.45) is 0.730. The van der Waals surface area contributed by atoms with E-state index in [9.17, 15) is 9.18 Å². The maximum Gasteiger partial charge on any atom is 0.151 e. The maximum atomic E-state index is 13.6. The molecule has 2 aromatic rings. The van der Waals surface area contributed by atoms with Crippen LogP contribution < -0.4 is 0 Å². The first-order chi connectivity index (χ1) is 6.77. The number of hydrogen-bond acceptors (Lipinski definition) is 2. The first kappa shape index (κ1) is 9.62. The third-order valence-electron chi connectivity index (χ3n) is 2.05. The molecule has 0 aliphatic heterocycles. The zero-order valence-electron chi connectivity index (χ0n) is 7.09. The summed E-state index contributed by atoms with van der Waals surface area (Å²) in [6.45, 7) is 0. The third-order valence-corrected chi connectivity index (χ3v) is 3.30. The number of carbonyl (C=O) groups excluding carboxylic acids is 1. The molecule has 2 rings (SSSR count). The molecule has 1 aromatic heterocycles. The fraction of sp³-hybridized carbons (Fsp3) is 0.100. The molecule has 0 spiro atoms. The van der Waals surface area contributed by atoms with Crippen molar-refractivity contribution in [3.63, 3.8) is 0 Å². The lowest BCUT2D eigenvalue weighted by atomic mass is 10.1. The molecule has 0 saturated heterocycles. The van der Waals surface area contributed by atoms with Crippen LogP contribution >= 0.6 is 22.9 Å². The van der Waals surface area contributed by atoms with Crippen molar-refractivity contribution in [3.8, 4) is 0 Å². The smallest absolute Gasteiger partial charge is 0.151 e. The molecule has 0 amide bonds. The van der Waals surface area contributed by atoms with Crippen LogP contribution in [0.2, 0.25) is 0 Å². The van der Waals surface area contributed by atoms with Gasteiger partial charge in [0.25, 0.3) is 0 Å². The van der Waals surface area contributed by atoms with Crippen LogP contribution in [-0.4, -0.2) is 6.29 Å². The Hall–Kier alpha value is -0.930. The minimum atomic E-state index is -0.318. The molecule has 1 heterocycles. The van der Waals surface area contributed by atoms with E-state index >= 15 is 0 Å². The zero-order chi connectivity index (χ0) is 10.1. The number of aldehydes is 1. The van der Waals surface area contributed by atoms with E-state index < -0.39 is 0 Å². The normalized spacial score (nSPS) is 10.7. The maximum absolute atomic E-state index is 13.6. The van der Waals surface area contributed by atoms with Gasteiger partial charge < -0.3 is 0 Å². The topological polar surface area (TPSA) is 17.1 Å². The lowest BCUT2D eigenvalue weighted by Gasteiger charge is -2.02. The Morgan fingerprint density at radius 3 is 3.00 bits per heavy atom. The van der Waals surface area contributed by atoms with Crippen LogP contribution in [0.3, 0.4) is 0 Å². The Bertz CT molecular complexity index is 492. The van der Waals surface area contributed by atoms with Crippen molar-refractivity contribution in [2.45, 2.75) is 5.88 Å². The molecular weight excluding hydrogens is 223 g/mol. The largest absolute Gasteiger partial charge is 0.298 e. The number of fused-ring (bicyclic) bond motifs is 1. The van der Waals surface area contributed by atoms with E-state index in [1.54, 1.807) is 11.4 Å². The van der Waals surface area contributed by atoms with Gasteiger partial charge in [-0.05, 0) is 17.5 Å². The van der Waals surface area contributed by atoms with E-state index in [-0.39, 0.29) is 11.7 Å². The SMILES string of the molecule is O=Cc1cc(CCl)c(F)c2ccsc12. The van der Waals surface area contributed by atoms with E-state index in [1.165, 1.54) is 17.4 Å². The van der Waals surface area contributed by atoms with E-state index in [2.05, 4.69) is 0 Å². The molecule has 72 valence electrons. The highest BCUT2D eigenvalue weighted by molar-refractivity contribution is 7.17. The molecular formula is C10H6ClFOS. The monoisotopic (exact) mass is 228 g/mol. The standard InChI is InChI=1S/C10H6ClFOS/c11-4-6-3-7(5-13)10-8(9(6)12)1-2-14-10/h1-3,5H,4H2. The molecule has 0 atom stereocenters. The summed E-state index contributed by atoms with van der Waals surface area (Å²) in [7, 11) is 0. The van der Waals surface area contributed by atoms with Crippen LogP contribution in [0.4, 0.5) is 4.39 Å². The first-order valence-corrected chi connectivity index (χ1v) is 5.39. The molecule has 0 fully saturated rings. The molecule has 1 aromatic carbocycles. The molecule has 0 aliphatic carbocycles. The molecule has 0 saturated carbocycles. The minimum absolute atomic E-state index is 0.0818. The average molecular weight is 229 g/mol. The summed E-state index contributed by atoms with van der Waals surface area (Å²) in [5, 5.41) is 2.24. The Kier molecular flexibility index (Phi) is 2.52. The van der Waals surface area contributed by atoms with Gasteiger partial charge in [-0.3, -0.25) is 4.79 Å². The second kappa shape index (κ2) is 3.67. The summed E-state index contributed by atoms with van der Waals surface area (Å²) in [6, 6.07) is 3.17. The van der Waals surface area contributed by atoms with Crippen LogP contribution in [-0.2, 0) is 5.88 Å². The Morgan fingerprint density at radius 2 is 2.36 bits per heavy atom. The lowest BCUT2D eigenvalue weighted by Crippen LogP contribution is -1.91. The molecule has 0 radical (unpaired) electrons. The summed E-state index contributed by atoms with van der Waals surface area (Å²) in [4.78, 5) is 10.7. The van der Waals surface area contributed by atoms with Crippen LogP contribution in [0.1, 0.15) is 15.9 Å². The molecule has 1 nitrogen and oxygen atoms in total. The Balaban J connectivity index is 2.86. The number of thiophene rings is 1. The summed E-state index contributed by atoms with van der Waals surface area (Å²) >= 11 is 6.93. The van der Waals surface area contributed by atoms with Crippen LogP contribution in [0.5, 0.6) is 0 Å². The number of halogens is 2. The minimum Gasteiger partial charge on any atom is -0.298 e. The van der Waals surface area contributed by atoms with E-state index in [4.69, 9.17) is 11.6 Å². The molecule has 0 N–H and O–H groups in total. The van der Waals surface area contributed by atoms with Gasteiger partial charge in [0.05, 0.1) is 5.88 Å². The predicted molar refractivity (Wildman–Crippen MR) is 56.7 cm³/mol. The molecule has 0 bridgehead atoms. The van der Waals surface area contributed by atoms with E-state index in [0.717, 1.165) is 6.29 Å². The Morgan fingerprint density at radius 1 is 1.57 bits per heavy atom. The highest BCUT2D eigenvalue weighted by Gasteiger charge is 2.11. The van der Waals surface area contributed by atoms with Crippen molar-refractivity contribution >= 4 is 39.3 Å². The van der Waals surface area contributed by atoms with Crippen molar-refractivity contribution in [2.75, 3.05) is 0 Å². The van der Waals surface area contributed by atoms with Gasteiger partial charge in [-0.2, -0.15) is 0 Å². The van der Waals surface area contributed by atoms with E-state index in [0.29, 0.717) is 21.2 Å². The van der Waals surface area contributed by atoms with Crippen molar-refractivity contribution in [1.82, 2.24) is 0 Å². The third kappa shape index (κ3) is 1.33. The highest BCUT2D eigenvalue weighted by Crippen LogP contribution is 2.29. The van der Waals surface area contributed by atoms with Gasteiger partial charge in [-0.1, -0.05) is 0 Å². The predicted octanol–water partition coefficient (Wildman–Crippen LogP) is 3.59. The second-order valence-electron chi connectivity index (χ2n) is 2.85. The Labute approximate surface area is 89.1 Å². The van der Waals surface area contributed by atoms with E-state index in [1.807, 2.05) is 0 Å². The molecule has 4 heteroatoms. The van der Waals surface area contributed by atoms with Gasteiger partial charge >= 0.3 is 0 Å². The van der Waals surface area contributed by atoms with Crippen molar-refractivity contribution in [1.29, 1.82) is 0 Å². The number of rotatable bonds is 2. The van der Waals surface area contributed by atoms with Gasteiger partial charge in [0.2, 0.25) is 0 Å². The number of alkyl halides is 1. The summed E-state index contributed by atoms with van der Waals surface area (Å²) in [5.41, 5.74) is 0.881. The van der Waals surface area contributed by atoms with Gasteiger partial charge in [-0.25, -0.2) is 4.39 Å². The summed E-state index contributed by atoms with van der Waals surface area (Å²) in [5.74, 6) is -0.236. The van der Waals surface area contributed by atoms with Crippen molar-refractivity contribution in [2.24, 2.45) is 0 Å². The van der Waals surface area contributed by atoms with Crippen LogP contribution in [0.15, 0.2) is 17.5 Å². The first-order valence-electron chi connectivity index (χ1n) is 3.97. The van der Waals surface area contributed by atoms with Crippen molar-refractivity contribution in [3.05, 3.63) is 34.5 Å². The van der Waals surface area contributed by atoms with Gasteiger partial charge in [0, 0.05) is 21.2 Å². The average Bonchev–Trinajstić information content (AvgIpc) is 2.68. The summed E-state index contributed by atoms with van der Waals surface area (Å²) < 4.78 is 14.3. The number of carbonyl (C=O) groups is 1. The zero-order valence-corrected chi connectivity index (χ0v) is 8.66. The number of benzene rings is 1. The second-order valence-corrected chi connectivity index (χ2v) is 4.04. The molecule has 0 aliphatic rings. The quantitative estimate of drug-likeness (QED) is 0.567. The van der Waals surface area contributed by atoms with Gasteiger partial charge in [-0.15, -0.1) is 22.9 Å². The number of hydrogen-bond donors (Lipinski definition) is 0. The fourth-order valence-corrected chi connectivity index (χ4v) is 2.44.